The average molecular weight is 234 g/mol. The highest BCUT2D eigenvalue weighted by Crippen LogP contribution is 1.91. The van der Waals surface area contributed by atoms with Gasteiger partial charge in [0.1, 0.15) is 6.54 Å². The molecule has 7 heteroatoms. The van der Waals surface area contributed by atoms with Gasteiger partial charge in [0, 0.05) is 0 Å². The first-order valence-corrected chi connectivity index (χ1v) is 5.15. The molecule has 0 atom stereocenters. The number of rotatable bonds is 5. The maximum atomic E-state index is 10.2. The normalized spacial score (nSPS) is 12.3. The fourth-order valence-electron chi connectivity index (χ4n) is 0.503. The highest BCUT2D eigenvalue weighted by Gasteiger charge is 2.08. The summed E-state index contributed by atoms with van der Waals surface area (Å²) in [5, 5.41) is 0. The van der Waals surface area contributed by atoms with Crippen molar-refractivity contribution in [3.63, 3.8) is 0 Å². The predicted molar refractivity (Wildman–Crippen MR) is 45.3 cm³/mol. The van der Waals surface area contributed by atoms with Crippen LogP contribution in [0.3, 0.4) is 0 Å². The van der Waals surface area contributed by atoms with Gasteiger partial charge >= 0.3 is 0 Å². The second-order valence-electron chi connectivity index (χ2n) is 3.62. The van der Waals surface area contributed by atoms with Crippen molar-refractivity contribution in [1.29, 1.82) is 0 Å². The van der Waals surface area contributed by atoms with E-state index in [1.165, 1.54) is 0 Å². The van der Waals surface area contributed by atoms with Crippen molar-refractivity contribution in [3.05, 3.63) is 0 Å². The molecule has 0 unspecified atom stereocenters. The zero-order valence-corrected chi connectivity index (χ0v) is 9.60. The summed E-state index contributed by atoms with van der Waals surface area (Å²) in [7, 11) is 1.94. The molecule has 13 heavy (non-hydrogen) atoms. The molecule has 0 aromatic rings. The van der Waals surface area contributed by atoms with Crippen LogP contribution in [0.5, 0.6) is 0 Å². The lowest BCUT2D eigenvalue weighted by Crippen LogP contribution is -3.00. The van der Waals surface area contributed by atoms with E-state index in [1.807, 2.05) is 21.1 Å². The Balaban J connectivity index is 0. The lowest BCUT2D eigenvalue weighted by atomic mass is 10.5. The maximum Gasteiger partial charge on any atom is 0.289 e. The predicted octanol–water partition coefficient (Wildman–Crippen LogP) is -3.44. The van der Waals surface area contributed by atoms with Gasteiger partial charge in [-0.25, -0.2) is 0 Å². The van der Waals surface area contributed by atoms with Gasteiger partial charge in [-0.15, -0.1) is 0 Å². The number of hydrogen-bond acceptors (Lipinski definition) is 3. The van der Waals surface area contributed by atoms with Crippen LogP contribution in [0.4, 0.5) is 0 Å². The number of quaternary nitrogens is 1. The molecule has 0 heterocycles. The first kappa shape index (κ1) is 15.6. The minimum absolute atomic E-state index is 0. The van der Waals surface area contributed by atoms with Crippen LogP contribution < -0.4 is 12.4 Å². The zero-order valence-electron chi connectivity index (χ0n) is 8.03. The zero-order chi connectivity index (χ0) is 9.83. The van der Waals surface area contributed by atoms with Crippen molar-refractivity contribution in [2.24, 2.45) is 0 Å². The highest BCUT2D eigenvalue weighted by molar-refractivity contribution is 7.85. The van der Waals surface area contributed by atoms with Crippen molar-refractivity contribution in [2.45, 2.75) is 0 Å². The van der Waals surface area contributed by atoms with E-state index in [0.29, 0.717) is 17.6 Å². The number of ether oxygens (including phenoxy) is 1. The van der Waals surface area contributed by atoms with Crippen molar-refractivity contribution < 1.29 is 34.6 Å². The van der Waals surface area contributed by atoms with Crippen LogP contribution in [0.15, 0.2) is 0 Å². The summed E-state index contributed by atoms with van der Waals surface area (Å²) in [4.78, 5) is 0. The molecule has 0 saturated heterocycles. The molecule has 0 bridgehead atoms. The van der Waals surface area contributed by atoms with Crippen molar-refractivity contribution in [2.75, 3.05) is 40.2 Å². The summed E-state index contributed by atoms with van der Waals surface area (Å²) in [5.74, 6) is -0.618. The van der Waals surface area contributed by atoms with E-state index in [4.69, 9.17) is 9.29 Å². The van der Waals surface area contributed by atoms with Crippen LogP contribution in [0.25, 0.3) is 0 Å². The van der Waals surface area contributed by atoms with Crippen LogP contribution in [-0.2, 0) is 14.9 Å². The second kappa shape index (κ2) is 5.77. The van der Waals surface area contributed by atoms with Gasteiger partial charge in [-0.05, 0) is 0 Å². The van der Waals surface area contributed by atoms with Gasteiger partial charge in [-0.3, -0.25) is 4.55 Å². The van der Waals surface area contributed by atoms with E-state index in [0.717, 1.165) is 0 Å². The quantitative estimate of drug-likeness (QED) is 0.305. The summed E-state index contributed by atoms with van der Waals surface area (Å²) in [6.45, 7) is 1.03. The van der Waals surface area contributed by atoms with E-state index in [1.54, 1.807) is 0 Å². The number of nitrogens with zero attached hydrogens (tertiary/aromatic N) is 1. The molecule has 0 spiro atoms. The van der Waals surface area contributed by atoms with E-state index >= 15 is 0 Å². The third-order valence-electron chi connectivity index (χ3n) is 1.14. The Morgan fingerprint density at radius 2 is 1.77 bits per heavy atom. The number of likely N-dealkylation sites (N-methyl/N-ethyl adjacent to an activating group) is 1. The number of hydrogen-bond donors (Lipinski definition) is 1. The van der Waals surface area contributed by atoms with Gasteiger partial charge in [0.2, 0.25) is 0 Å². The van der Waals surface area contributed by atoms with Gasteiger partial charge < -0.3 is 21.6 Å². The van der Waals surface area contributed by atoms with Crippen molar-refractivity contribution >= 4 is 10.1 Å². The monoisotopic (exact) mass is 233 g/mol. The molecule has 0 radical (unpaired) electrons. The van der Waals surface area contributed by atoms with E-state index < -0.39 is 16.1 Å². The fourth-order valence-corrected chi connectivity index (χ4v) is 0.831. The second-order valence-corrected chi connectivity index (χ2v) is 5.02. The summed E-state index contributed by atoms with van der Waals surface area (Å²) >= 11 is 0. The Kier molecular flexibility index (Phi) is 6.91. The third kappa shape index (κ3) is 14.9. The SMILES string of the molecule is C[N+](C)(C)CCOCS(=O)(=O)O.[Cl-]. The van der Waals surface area contributed by atoms with Crippen LogP contribution in [0.1, 0.15) is 0 Å². The Morgan fingerprint density at radius 3 is 2.08 bits per heavy atom. The Labute approximate surface area is 85.4 Å². The van der Waals surface area contributed by atoms with Crippen LogP contribution >= 0.6 is 0 Å². The first-order chi connectivity index (χ1) is 5.21. The van der Waals surface area contributed by atoms with E-state index in [-0.39, 0.29) is 12.4 Å². The van der Waals surface area contributed by atoms with Gasteiger partial charge in [-0.2, -0.15) is 8.42 Å². The van der Waals surface area contributed by atoms with Gasteiger partial charge in [0.15, 0.2) is 5.94 Å². The highest BCUT2D eigenvalue weighted by atomic mass is 35.5. The molecule has 0 aliphatic carbocycles. The van der Waals surface area contributed by atoms with Gasteiger partial charge in [0.05, 0.1) is 27.7 Å². The molecule has 5 nitrogen and oxygen atoms in total. The average Bonchev–Trinajstić information content (AvgIpc) is 1.76. The van der Waals surface area contributed by atoms with Gasteiger partial charge in [-0.1, -0.05) is 0 Å². The van der Waals surface area contributed by atoms with Crippen LogP contribution in [0, 0.1) is 0 Å². The Bertz CT molecular complexity index is 221. The molecular formula is C6H16ClNO4S. The summed E-state index contributed by atoms with van der Waals surface area (Å²) < 4.78 is 34.1. The van der Waals surface area contributed by atoms with Crippen LogP contribution in [0.2, 0.25) is 0 Å². The molecule has 0 fully saturated rings. The molecule has 1 N–H and O–H groups in total. The lowest BCUT2D eigenvalue weighted by Gasteiger charge is -2.23. The standard InChI is InChI=1S/C6H15NO4S.ClH/c1-7(2,3)4-5-11-6-12(8,9)10;/h4-6H2,1-3H3;1H. The molecule has 0 saturated carbocycles. The van der Waals surface area contributed by atoms with Crippen molar-refractivity contribution in [3.8, 4) is 0 Å². The molecule has 0 aromatic heterocycles. The minimum atomic E-state index is -3.97. The van der Waals surface area contributed by atoms with E-state index in [2.05, 4.69) is 0 Å². The smallest absolute Gasteiger partial charge is 0.289 e. The van der Waals surface area contributed by atoms with Crippen LogP contribution in [-0.4, -0.2) is 57.7 Å². The Morgan fingerprint density at radius 1 is 1.31 bits per heavy atom. The first-order valence-electron chi connectivity index (χ1n) is 3.54. The van der Waals surface area contributed by atoms with Crippen molar-refractivity contribution in [1.82, 2.24) is 0 Å². The number of halogens is 1. The summed E-state index contributed by atoms with van der Waals surface area (Å²) in [6, 6.07) is 0. The van der Waals surface area contributed by atoms with Gasteiger partial charge in [0.25, 0.3) is 10.1 Å². The molecule has 0 aromatic carbocycles. The molecule has 0 rings (SSSR count). The topological polar surface area (TPSA) is 63.6 Å². The largest absolute Gasteiger partial charge is 1.00 e. The third-order valence-corrected chi connectivity index (χ3v) is 1.60. The molecule has 0 amide bonds. The van der Waals surface area contributed by atoms with E-state index in [9.17, 15) is 8.42 Å². The lowest BCUT2D eigenvalue weighted by molar-refractivity contribution is -0.870. The molecular weight excluding hydrogens is 218 g/mol. The summed E-state index contributed by atoms with van der Waals surface area (Å²) in [5.41, 5.74) is 0. The summed E-state index contributed by atoms with van der Waals surface area (Å²) in [6.07, 6.45) is 0. The fraction of sp³-hybridized carbons (Fsp3) is 1.00. The maximum absolute atomic E-state index is 10.2. The minimum Gasteiger partial charge on any atom is -1.00 e. The molecule has 0 aliphatic heterocycles. The Hall–Kier alpha value is 0.120. The molecule has 82 valence electrons. The molecule has 0 aliphatic rings.